The van der Waals surface area contributed by atoms with Crippen molar-refractivity contribution < 1.29 is 4.79 Å². The van der Waals surface area contributed by atoms with E-state index in [1.807, 2.05) is 27.0 Å². The highest BCUT2D eigenvalue weighted by Gasteiger charge is 2.35. The Hall–Kier alpha value is -1.65. The molecule has 5 heteroatoms. The molecule has 0 spiro atoms. The number of fused-ring (bicyclic) bond motifs is 1. The third-order valence-corrected chi connectivity index (χ3v) is 3.03. The number of nitrogens with zero attached hydrogens (tertiary/aromatic N) is 3. The number of urea groups is 1. The van der Waals surface area contributed by atoms with Crippen molar-refractivity contribution in [2.45, 2.75) is 59.0 Å². The highest BCUT2D eigenvalue weighted by atomic mass is 16.2. The summed E-state index contributed by atoms with van der Waals surface area (Å²) in [6.45, 7) is 12.7. The van der Waals surface area contributed by atoms with E-state index in [9.17, 15) is 4.79 Å². The van der Waals surface area contributed by atoms with Crippen LogP contribution in [0.2, 0.25) is 0 Å². The lowest BCUT2D eigenvalue weighted by Crippen LogP contribution is -2.54. The predicted octanol–water partition coefficient (Wildman–Crippen LogP) is 2.60. The topological polar surface area (TPSA) is 58.1 Å². The number of nitrogens with one attached hydrogen (secondary N) is 1. The zero-order valence-electron chi connectivity index (χ0n) is 12.5. The van der Waals surface area contributed by atoms with E-state index >= 15 is 0 Å². The van der Waals surface area contributed by atoms with Crippen LogP contribution < -0.4 is 10.2 Å². The first-order valence-electron chi connectivity index (χ1n) is 6.55. The maximum atomic E-state index is 12.1. The van der Waals surface area contributed by atoms with Gasteiger partial charge in [-0.15, -0.1) is 0 Å². The number of anilines is 1. The monoisotopic (exact) mass is 262 g/mol. The third kappa shape index (κ3) is 2.55. The summed E-state index contributed by atoms with van der Waals surface area (Å²) in [5, 5.41) is 2.86. The van der Waals surface area contributed by atoms with Crippen molar-refractivity contribution in [3.63, 3.8) is 0 Å². The largest absolute Gasteiger partial charge is 0.333 e. The van der Waals surface area contributed by atoms with Crippen LogP contribution in [0.3, 0.4) is 0 Å². The molecule has 0 aromatic carbocycles. The highest BCUT2D eigenvalue weighted by Crippen LogP contribution is 2.30. The number of hydrogen-bond acceptors (Lipinski definition) is 3. The molecular weight excluding hydrogens is 240 g/mol. The van der Waals surface area contributed by atoms with Crippen molar-refractivity contribution in [2.75, 3.05) is 4.90 Å². The molecule has 0 fully saturated rings. The second-order valence-corrected chi connectivity index (χ2v) is 6.96. The van der Waals surface area contributed by atoms with Gasteiger partial charge in [-0.3, -0.25) is 4.90 Å². The summed E-state index contributed by atoms with van der Waals surface area (Å²) in [5.41, 5.74) is 0.512. The van der Waals surface area contributed by atoms with Crippen LogP contribution in [-0.4, -0.2) is 21.5 Å². The molecule has 19 heavy (non-hydrogen) atoms. The lowest BCUT2D eigenvalue weighted by molar-refractivity contribution is 0.238. The molecule has 1 aliphatic heterocycles. The summed E-state index contributed by atoms with van der Waals surface area (Å²) < 4.78 is 0. The first-order chi connectivity index (χ1) is 8.60. The second-order valence-electron chi connectivity index (χ2n) is 6.96. The summed E-state index contributed by atoms with van der Waals surface area (Å²) >= 11 is 0. The van der Waals surface area contributed by atoms with Crippen LogP contribution in [0.15, 0.2) is 6.20 Å². The maximum absolute atomic E-state index is 12.1. The Morgan fingerprint density at radius 3 is 2.37 bits per heavy atom. The molecule has 1 aromatic heterocycles. The molecule has 0 saturated heterocycles. The predicted molar refractivity (Wildman–Crippen MR) is 75.2 cm³/mol. The molecule has 0 atom stereocenters. The zero-order valence-corrected chi connectivity index (χ0v) is 12.5. The molecule has 0 bridgehead atoms. The van der Waals surface area contributed by atoms with Gasteiger partial charge in [0.1, 0.15) is 11.6 Å². The van der Waals surface area contributed by atoms with Crippen LogP contribution in [0.25, 0.3) is 0 Å². The Balaban J connectivity index is 2.57. The Labute approximate surface area is 114 Å². The maximum Gasteiger partial charge on any atom is 0.323 e. The SMILES string of the molecule is CC(C)(C)c1ncc2c(n1)N(C(C)(C)C)C(=O)NC2. The van der Waals surface area contributed by atoms with Crippen LogP contribution in [0.5, 0.6) is 0 Å². The summed E-state index contributed by atoms with van der Waals surface area (Å²) in [7, 11) is 0. The molecule has 2 amide bonds. The smallest absolute Gasteiger partial charge is 0.323 e. The molecular formula is C14H22N4O. The van der Waals surface area contributed by atoms with Gasteiger partial charge < -0.3 is 5.32 Å². The van der Waals surface area contributed by atoms with Gasteiger partial charge in [-0.05, 0) is 20.8 Å². The third-order valence-electron chi connectivity index (χ3n) is 3.03. The molecule has 5 nitrogen and oxygen atoms in total. The van der Waals surface area contributed by atoms with Gasteiger partial charge >= 0.3 is 6.03 Å². The molecule has 0 aliphatic carbocycles. The van der Waals surface area contributed by atoms with E-state index in [0.717, 1.165) is 17.2 Å². The first-order valence-corrected chi connectivity index (χ1v) is 6.55. The van der Waals surface area contributed by atoms with E-state index in [4.69, 9.17) is 0 Å². The second kappa shape index (κ2) is 4.18. The van der Waals surface area contributed by atoms with E-state index in [1.165, 1.54) is 0 Å². The van der Waals surface area contributed by atoms with Gasteiger partial charge in [-0.1, -0.05) is 20.8 Å². The van der Waals surface area contributed by atoms with Gasteiger partial charge in [0.25, 0.3) is 0 Å². The van der Waals surface area contributed by atoms with E-state index < -0.39 is 0 Å². The van der Waals surface area contributed by atoms with Crippen LogP contribution in [-0.2, 0) is 12.0 Å². The average Bonchev–Trinajstić information content (AvgIpc) is 2.24. The Kier molecular flexibility index (Phi) is 3.03. The number of hydrogen-bond donors (Lipinski definition) is 1. The van der Waals surface area contributed by atoms with Crippen LogP contribution >= 0.6 is 0 Å². The van der Waals surface area contributed by atoms with Gasteiger partial charge in [0.2, 0.25) is 0 Å². The normalized spacial score (nSPS) is 16.1. The van der Waals surface area contributed by atoms with E-state index in [2.05, 4.69) is 36.1 Å². The molecule has 0 radical (unpaired) electrons. The number of aromatic nitrogens is 2. The molecule has 104 valence electrons. The minimum absolute atomic E-state index is 0.0986. The number of carbonyl (C=O) groups excluding carboxylic acids is 1. The van der Waals surface area contributed by atoms with Gasteiger partial charge in [-0.2, -0.15) is 0 Å². The fourth-order valence-electron chi connectivity index (χ4n) is 2.05. The Morgan fingerprint density at radius 1 is 1.21 bits per heavy atom. The molecule has 0 saturated carbocycles. The van der Waals surface area contributed by atoms with Crippen molar-refractivity contribution >= 4 is 11.8 Å². The molecule has 1 aromatic rings. The lowest BCUT2D eigenvalue weighted by Gasteiger charge is -2.39. The van der Waals surface area contributed by atoms with E-state index in [-0.39, 0.29) is 17.0 Å². The number of amides is 2. The molecule has 1 N–H and O–H groups in total. The standard InChI is InChI=1S/C14H22N4O/c1-13(2,3)11-15-7-9-8-16-12(19)18(10(9)17-11)14(4,5)6/h7H,8H2,1-6H3,(H,16,19). The summed E-state index contributed by atoms with van der Waals surface area (Å²) in [4.78, 5) is 22.9. The Bertz CT molecular complexity index is 511. The van der Waals surface area contributed by atoms with Crippen molar-refractivity contribution in [3.05, 3.63) is 17.6 Å². The highest BCUT2D eigenvalue weighted by molar-refractivity contribution is 5.94. The summed E-state index contributed by atoms with van der Waals surface area (Å²) in [6.07, 6.45) is 1.82. The zero-order chi connectivity index (χ0) is 14.4. The molecule has 1 aliphatic rings. The fraction of sp³-hybridized carbons (Fsp3) is 0.643. The molecule has 2 rings (SSSR count). The molecule has 2 heterocycles. The van der Waals surface area contributed by atoms with Crippen LogP contribution in [0, 0.1) is 0 Å². The van der Waals surface area contributed by atoms with Crippen LogP contribution in [0.4, 0.5) is 10.6 Å². The van der Waals surface area contributed by atoms with E-state index in [1.54, 1.807) is 4.90 Å². The van der Waals surface area contributed by atoms with Gasteiger partial charge in [0.05, 0.1) is 0 Å². The summed E-state index contributed by atoms with van der Waals surface area (Å²) in [5.74, 6) is 1.49. The van der Waals surface area contributed by atoms with Gasteiger partial charge in [0.15, 0.2) is 0 Å². The lowest BCUT2D eigenvalue weighted by atomic mass is 9.95. The number of carbonyl (C=O) groups is 1. The minimum atomic E-state index is -0.317. The Morgan fingerprint density at radius 2 is 1.84 bits per heavy atom. The quantitative estimate of drug-likeness (QED) is 0.782. The fourth-order valence-corrected chi connectivity index (χ4v) is 2.05. The van der Waals surface area contributed by atoms with Gasteiger partial charge in [-0.25, -0.2) is 14.8 Å². The summed E-state index contributed by atoms with van der Waals surface area (Å²) in [6, 6.07) is -0.0986. The van der Waals surface area contributed by atoms with Gasteiger partial charge in [0, 0.05) is 29.3 Å². The van der Waals surface area contributed by atoms with Crippen molar-refractivity contribution in [1.82, 2.24) is 15.3 Å². The van der Waals surface area contributed by atoms with E-state index in [0.29, 0.717) is 6.54 Å². The molecule has 0 unspecified atom stereocenters. The minimum Gasteiger partial charge on any atom is -0.333 e. The van der Waals surface area contributed by atoms with Crippen LogP contribution in [0.1, 0.15) is 52.9 Å². The van der Waals surface area contributed by atoms with Crippen molar-refractivity contribution in [1.29, 1.82) is 0 Å². The average molecular weight is 262 g/mol. The van der Waals surface area contributed by atoms with Crippen molar-refractivity contribution in [3.8, 4) is 0 Å². The first kappa shape index (κ1) is 13.8. The van der Waals surface area contributed by atoms with Crippen molar-refractivity contribution in [2.24, 2.45) is 0 Å². The number of rotatable bonds is 0.